The molecular formula is C24H24O8S2. The van der Waals surface area contributed by atoms with Crippen molar-refractivity contribution in [2.45, 2.75) is 35.3 Å². The molecule has 2 unspecified atom stereocenters. The molecule has 3 rings (SSSR count). The van der Waals surface area contributed by atoms with Crippen molar-refractivity contribution in [3.63, 3.8) is 0 Å². The van der Waals surface area contributed by atoms with Gasteiger partial charge in [-0.05, 0) is 36.8 Å². The second-order valence-electron chi connectivity index (χ2n) is 7.22. The summed E-state index contributed by atoms with van der Waals surface area (Å²) in [5.74, 6) is -0.962. The van der Waals surface area contributed by atoms with E-state index in [9.17, 15) is 21.6 Å². The molecule has 0 spiro atoms. The molecule has 0 saturated heterocycles. The van der Waals surface area contributed by atoms with Crippen LogP contribution in [0, 0.1) is 0 Å². The highest BCUT2D eigenvalue weighted by Crippen LogP contribution is 2.21. The van der Waals surface area contributed by atoms with Gasteiger partial charge in [0, 0.05) is 6.42 Å². The zero-order chi connectivity index (χ0) is 24.6. The van der Waals surface area contributed by atoms with Gasteiger partial charge in [-0.25, -0.2) is 4.79 Å². The Balaban J connectivity index is 1.75. The molecule has 8 nitrogen and oxygen atoms in total. The van der Waals surface area contributed by atoms with E-state index in [2.05, 4.69) is 0 Å². The predicted molar refractivity (Wildman–Crippen MR) is 124 cm³/mol. The van der Waals surface area contributed by atoms with Crippen LogP contribution in [-0.2, 0) is 38.1 Å². The van der Waals surface area contributed by atoms with Gasteiger partial charge in [-0.1, -0.05) is 66.7 Å². The Labute approximate surface area is 199 Å². The van der Waals surface area contributed by atoms with Crippen LogP contribution >= 0.6 is 0 Å². The van der Waals surface area contributed by atoms with Gasteiger partial charge in [0.25, 0.3) is 20.2 Å². The fourth-order valence-electron chi connectivity index (χ4n) is 2.96. The topological polar surface area (TPSA) is 113 Å². The molecule has 0 aromatic heterocycles. The Kier molecular flexibility index (Phi) is 8.56. The summed E-state index contributed by atoms with van der Waals surface area (Å²) in [6, 6.07) is 23.6. The Hall–Kier alpha value is -3.05. The summed E-state index contributed by atoms with van der Waals surface area (Å²) in [4.78, 5) is 12.6. The number of carbonyl (C=O) groups excluding carboxylic acids is 1. The molecule has 0 aliphatic heterocycles. The summed E-state index contributed by atoms with van der Waals surface area (Å²) in [7, 11) is -8.43. The van der Waals surface area contributed by atoms with Crippen LogP contribution in [0.25, 0.3) is 0 Å². The first-order valence-electron chi connectivity index (χ1n) is 10.4. The van der Waals surface area contributed by atoms with Crippen LogP contribution < -0.4 is 0 Å². The lowest BCUT2D eigenvalue weighted by molar-refractivity contribution is -0.157. The molecule has 3 aromatic carbocycles. The standard InChI is InChI=1S/C24H24O8S2/c1-19(20-11-5-2-6-12-20)31-24(25)23(32-34(28,29)22-15-9-4-10-16-22)17-18-30-33(26,27)21-13-7-3-8-14-21/h2-16,19,23H,17-18H2,1H3. The molecule has 0 radical (unpaired) electrons. The largest absolute Gasteiger partial charge is 0.456 e. The van der Waals surface area contributed by atoms with Gasteiger partial charge in [-0.3, -0.25) is 8.37 Å². The molecule has 0 fully saturated rings. The van der Waals surface area contributed by atoms with Gasteiger partial charge in [0.15, 0.2) is 6.10 Å². The number of esters is 1. The van der Waals surface area contributed by atoms with E-state index < -0.39 is 45.0 Å². The van der Waals surface area contributed by atoms with E-state index in [1.54, 1.807) is 49.4 Å². The average molecular weight is 505 g/mol. The summed E-state index contributed by atoms with van der Waals surface area (Å²) in [5, 5.41) is 0. The molecule has 0 amide bonds. The fraction of sp³-hybridized carbons (Fsp3) is 0.208. The quantitative estimate of drug-likeness (QED) is 0.286. The van der Waals surface area contributed by atoms with Crippen molar-refractivity contribution in [1.82, 2.24) is 0 Å². The lowest BCUT2D eigenvalue weighted by Crippen LogP contribution is -2.31. The summed E-state index contributed by atoms with van der Waals surface area (Å²) in [6.07, 6.45) is -2.69. The maximum absolute atomic E-state index is 12.8. The fourth-order valence-corrected chi connectivity index (χ4v) is 4.99. The highest BCUT2D eigenvalue weighted by Gasteiger charge is 2.31. The zero-order valence-electron chi connectivity index (χ0n) is 18.3. The number of benzene rings is 3. The predicted octanol–water partition coefficient (Wildman–Crippen LogP) is 3.86. The highest BCUT2D eigenvalue weighted by atomic mass is 32.2. The summed E-state index contributed by atoms with van der Waals surface area (Å²) >= 11 is 0. The molecule has 3 aromatic rings. The zero-order valence-corrected chi connectivity index (χ0v) is 19.9. The van der Waals surface area contributed by atoms with Gasteiger partial charge in [-0.2, -0.15) is 16.8 Å². The van der Waals surface area contributed by atoms with Crippen LogP contribution in [-0.4, -0.2) is 35.5 Å². The van der Waals surface area contributed by atoms with Crippen LogP contribution in [0.2, 0.25) is 0 Å². The molecular weight excluding hydrogens is 480 g/mol. The van der Waals surface area contributed by atoms with Crippen molar-refractivity contribution in [2.24, 2.45) is 0 Å². The Morgan fingerprint density at radius 2 is 1.21 bits per heavy atom. The second-order valence-corrected chi connectivity index (χ2v) is 10.4. The first-order chi connectivity index (χ1) is 16.2. The monoisotopic (exact) mass is 504 g/mol. The van der Waals surface area contributed by atoms with Crippen molar-refractivity contribution in [3.8, 4) is 0 Å². The van der Waals surface area contributed by atoms with Crippen LogP contribution in [0.15, 0.2) is 101 Å². The molecule has 0 aliphatic rings. The van der Waals surface area contributed by atoms with Gasteiger partial charge in [0.2, 0.25) is 0 Å². The number of hydrogen-bond acceptors (Lipinski definition) is 8. The molecule has 0 N–H and O–H groups in total. The molecule has 0 aliphatic carbocycles. The van der Waals surface area contributed by atoms with Crippen molar-refractivity contribution in [3.05, 3.63) is 96.6 Å². The van der Waals surface area contributed by atoms with Crippen molar-refractivity contribution < 1.29 is 34.7 Å². The van der Waals surface area contributed by atoms with E-state index in [0.717, 1.165) is 0 Å². The molecule has 10 heteroatoms. The van der Waals surface area contributed by atoms with Gasteiger partial charge in [-0.15, -0.1) is 0 Å². The molecule has 180 valence electrons. The lowest BCUT2D eigenvalue weighted by Gasteiger charge is -2.20. The lowest BCUT2D eigenvalue weighted by atomic mass is 10.1. The first kappa shape index (κ1) is 25.6. The number of carbonyl (C=O) groups is 1. The Bertz CT molecular complexity index is 1280. The molecule has 0 saturated carbocycles. The van der Waals surface area contributed by atoms with Crippen LogP contribution in [0.3, 0.4) is 0 Å². The SMILES string of the molecule is CC(OC(=O)C(CCOS(=O)(=O)c1ccccc1)OS(=O)(=O)c1ccccc1)c1ccccc1. The van der Waals surface area contributed by atoms with Gasteiger partial charge < -0.3 is 4.74 Å². The van der Waals surface area contributed by atoms with Gasteiger partial charge in [0.05, 0.1) is 16.4 Å². The number of ether oxygens (including phenoxy) is 1. The van der Waals surface area contributed by atoms with E-state index in [-0.39, 0.29) is 16.2 Å². The van der Waals surface area contributed by atoms with E-state index in [0.29, 0.717) is 5.56 Å². The summed E-state index contributed by atoms with van der Waals surface area (Å²) in [5.41, 5.74) is 0.698. The van der Waals surface area contributed by atoms with Crippen LogP contribution in [0.1, 0.15) is 25.0 Å². The summed E-state index contributed by atoms with van der Waals surface area (Å²) in [6.45, 7) is 1.13. The minimum atomic E-state index is -4.33. The molecule has 34 heavy (non-hydrogen) atoms. The third-order valence-electron chi connectivity index (χ3n) is 4.75. The minimum absolute atomic E-state index is 0.0651. The highest BCUT2D eigenvalue weighted by molar-refractivity contribution is 7.87. The number of rotatable bonds is 11. The third-order valence-corrected chi connectivity index (χ3v) is 7.41. The van der Waals surface area contributed by atoms with Crippen LogP contribution in [0.5, 0.6) is 0 Å². The smallest absolute Gasteiger partial charge is 0.337 e. The molecule has 2 atom stereocenters. The normalized spacial score (nSPS) is 13.7. The van der Waals surface area contributed by atoms with Crippen LogP contribution in [0.4, 0.5) is 0 Å². The van der Waals surface area contributed by atoms with Crippen molar-refractivity contribution >= 4 is 26.2 Å². The Morgan fingerprint density at radius 3 is 1.74 bits per heavy atom. The average Bonchev–Trinajstić information content (AvgIpc) is 2.85. The maximum Gasteiger partial charge on any atom is 0.337 e. The summed E-state index contributed by atoms with van der Waals surface area (Å²) < 4.78 is 65.7. The number of hydrogen-bond donors (Lipinski definition) is 0. The third kappa shape index (κ3) is 6.97. The van der Waals surface area contributed by atoms with E-state index in [1.165, 1.54) is 48.5 Å². The van der Waals surface area contributed by atoms with E-state index >= 15 is 0 Å². The van der Waals surface area contributed by atoms with Crippen molar-refractivity contribution in [1.29, 1.82) is 0 Å². The van der Waals surface area contributed by atoms with Crippen molar-refractivity contribution in [2.75, 3.05) is 6.61 Å². The minimum Gasteiger partial charge on any atom is -0.456 e. The second kappa shape index (κ2) is 11.4. The molecule has 0 bridgehead atoms. The van der Waals surface area contributed by atoms with Gasteiger partial charge >= 0.3 is 5.97 Å². The first-order valence-corrected chi connectivity index (χ1v) is 13.2. The van der Waals surface area contributed by atoms with E-state index in [1.807, 2.05) is 0 Å². The Morgan fingerprint density at radius 1 is 0.735 bits per heavy atom. The van der Waals surface area contributed by atoms with Gasteiger partial charge in [0.1, 0.15) is 6.10 Å². The molecule has 0 heterocycles. The van der Waals surface area contributed by atoms with E-state index in [4.69, 9.17) is 13.1 Å². The maximum atomic E-state index is 12.8.